The van der Waals surface area contributed by atoms with Crippen molar-refractivity contribution in [1.82, 2.24) is 26.6 Å². The van der Waals surface area contributed by atoms with Crippen LogP contribution in [-0.2, 0) is 44.8 Å². The Balaban J connectivity index is 3.11. The van der Waals surface area contributed by atoms with Gasteiger partial charge in [-0.05, 0) is 37.3 Å². The molecule has 0 aliphatic rings. The van der Waals surface area contributed by atoms with E-state index in [-0.39, 0.29) is 12.8 Å². The number of aliphatic hydroxyl groups excluding tert-OH is 1. The summed E-state index contributed by atoms with van der Waals surface area (Å²) in [6.45, 7) is 0.333. The summed E-state index contributed by atoms with van der Waals surface area (Å²) in [6, 6.07) is -0.216. The molecule has 0 aromatic heterocycles. The van der Waals surface area contributed by atoms with E-state index in [2.05, 4.69) is 26.6 Å². The van der Waals surface area contributed by atoms with Crippen LogP contribution in [0.25, 0.3) is 0 Å². The SMILES string of the molecule is CSCC[C@H](NC(=O)[C@@H](N)CC(=O)O)C(=O)N[C@@H](CCC(=O)O)C(=O)N[C@@H](C)C(=O)N[C@@H](Cc1ccccc1)C(=O)N[C@@H](CO)C(=O)O. The van der Waals surface area contributed by atoms with Gasteiger partial charge in [-0.2, -0.15) is 11.8 Å². The van der Waals surface area contributed by atoms with Gasteiger partial charge in [0.2, 0.25) is 29.5 Å². The summed E-state index contributed by atoms with van der Waals surface area (Å²) in [5, 5.41) is 48.2. The van der Waals surface area contributed by atoms with E-state index >= 15 is 0 Å². The van der Waals surface area contributed by atoms with Crippen LogP contribution in [0.4, 0.5) is 0 Å². The number of amides is 5. The number of hydrogen-bond donors (Lipinski definition) is 10. The standard InChI is InChI=1S/C29H42N6O12S/c1-15(24(41)34-20(12-16-6-4-3-5-7-16)28(45)35-21(14-36)29(46)47)31-26(43)18(8-9-22(37)38)33-27(44)19(10-11-48-2)32-25(42)17(30)13-23(39)40/h3-7,15,17-21,36H,8-14,30H2,1-2H3,(H,31,43)(H,32,42)(H,33,44)(H,34,41)(H,35,45)(H,37,38)(H,39,40)(H,46,47)/t15-,17-,18-,19-,20-,21-/m0/s1. The summed E-state index contributed by atoms with van der Waals surface area (Å²) in [5.74, 6) is -8.40. The van der Waals surface area contributed by atoms with Crippen LogP contribution < -0.4 is 32.3 Å². The summed E-state index contributed by atoms with van der Waals surface area (Å²) < 4.78 is 0. The number of carboxylic acid groups (broad SMARTS) is 3. The lowest BCUT2D eigenvalue weighted by Crippen LogP contribution is -2.59. The average molecular weight is 699 g/mol. The topological polar surface area (TPSA) is 304 Å². The first kappa shape index (κ1) is 41.3. The zero-order chi connectivity index (χ0) is 36.4. The number of rotatable bonds is 22. The number of aliphatic carboxylic acids is 3. The predicted molar refractivity (Wildman–Crippen MR) is 170 cm³/mol. The van der Waals surface area contributed by atoms with Crippen LogP contribution in [0.15, 0.2) is 30.3 Å². The van der Waals surface area contributed by atoms with Crippen LogP contribution in [0.1, 0.15) is 38.2 Å². The summed E-state index contributed by atoms with van der Waals surface area (Å²) in [5.41, 5.74) is 6.18. The number of thioether (sulfide) groups is 1. The van der Waals surface area contributed by atoms with Crippen LogP contribution in [0.3, 0.4) is 0 Å². The van der Waals surface area contributed by atoms with Crippen molar-refractivity contribution in [3.05, 3.63) is 35.9 Å². The van der Waals surface area contributed by atoms with Gasteiger partial charge in [0.1, 0.15) is 30.2 Å². The maximum Gasteiger partial charge on any atom is 0.328 e. The fourth-order valence-corrected chi connectivity index (χ4v) is 4.54. The Kier molecular flexibility index (Phi) is 18.2. The Labute approximate surface area is 280 Å². The van der Waals surface area contributed by atoms with Crippen LogP contribution >= 0.6 is 11.8 Å². The first-order valence-electron chi connectivity index (χ1n) is 14.7. The molecule has 1 rings (SSSR count). The van der Waals surface area contributed by atoms with Gasteiger partial charge < -0.3 is 52.7 Å². The van der Waals surface area contributed by atoms with E-state index in [4.69, 9.17) is 10.8 Å². The highest BCUT2D eigenvalue weighted by molar-refractivity contribution is 7.98. The van der Waals surface area contributed by atoms with E-state index in [1.165, 1.54) is 18.7 Å². The molecular weight excluding hydrogens is 656 g/mol. The van der Waals surface area contributed by atoms with Crippen LogP contribution in [-0.4, -0.2) is 123 Å². The molecule has 5 amide bonds. The summed E-state index contributed by atoms with van der Waals surface area (Å²) >= 11 is 1.33. The fraction of sp³-hybridized carbons (Fsp3) is 0.517. The Morgan fingerprint density at radius 3 is 1.77 bits per heavy atom. The smallest absolute Gasteiger partial charge is 0.328 e. The lowest BCUT2D eigenvalue weighted by Gasteiger charge is -2.26. The van der Waals surface area contributed by atoms with Crippen molar-refractivity contribution >= 4 is 59.2 Å². The monoisotopic (exact) mass is 698 g/mol. The zero-order valence-electron chi connectivity index (χ0n) is 26.3. The number of carbonyl (C=O) groups excluding carboxylic acids is 5. The molecule has 0 unspecified atom stereocenters. The normalized spacial score (nSPS) is 14.5. The van der Waals surface area contributed by atoms with E-state index in [1.54, 1.807) is 36.6 Å². The molecule has 0 heterocycles. The Bertz CT molecular complexity index is 1300. The Morgan fingerprint density at radius 1 is 0.708 bits per heavy atom. The Morgan fingerprint density at radius 2 is 1.23 bits per heavy atom. The molecule has 19 heteroatoms. The molecule has 11 N–H and O–H groups in total. The molecule has 48 heavy (non-hydrogen) atoms. The van der Waals surface area contributed by atoms with Gasteiger partial charge in [-0.25, -0.2) is 4.79 Å². The zero-order valence-corrected chi connectivity index (χ0v) is 27.2. The van der Waals surface area contributed by atoms with Crippen molar-refractivity contribution in [3.8, 4) is 0 Å². The van der Waals surface area contributed by atoms with Crippen molar-refractivity contribution in [3.63, 3.8) is 0 Å². The maximum atomic E-state index is 13.2. The molecule has 0 spiro atoms. The number of aliphatic hydroxyl groups is 1. The predicted octanol–water partition coefficient (Wildman–Crippen LogP) is -2.83. The van der Waals surface area contributed by atoms with Crippen molar-refractivity contribution in [2.24, 2.45) is 5.73 Å². The van der Waals surface area contributed by atoms with E-state index in [1.807, 2.05) is 0 Å². The van der Waals surface area contributed by atoms with Gasteiger partial charge in [0, 0.05) is 12.8 Å². The summed E-state index contributed by atoms with van der Waals surface area (Å²) in [6.07, 6.45) is -0.00373. The third-order valence-electron chi connectivity index (χ3n) is 6.72. The van der Waals surface area contributed by atoms with Crippen LogP contribution in [0.5, 0.6) is 0 Å². The van der Waals surface area contributed by atoms with Crippen molar-refractivity contribution in [1.29, 1.82) is 0 Å². The molecular formula is C29H42N6O12S. The molecule has 6 atom stereocenters. The molecule has 1 aromatic rings. The van der Waals surface area contributed by atoms with Gasteiger partial charge in [-0.15, -0.1) is 0 Å². The van der Waals surface area contributed by atoms with Crippen LogP contribution in [0, 0.1) is 0 Å². The second-order valence-corrected chi connectivity index (χ2v) is 11.6. The summed E-state index contributed by atoms with van der Waals surface area (Å²) in [7, 11) is 0. The van der Waals surface area contributed by atoms with E-state index in [0.29, 0.717) is 11.3 Å². The molecule has 0 bridgehead atoms. The van der Waals surface area contributed by atoms with Crippen molar-refractivity contribution in [2.75, 3.05) is 18.6 Å². The number of carboxylic acids is 3. The summed E-state index contributed by atoms with van der Waals surface area (Å²) in [4.78, 5) is 98.4. The van der Waals surface area contributed by atoms with Gasteiger partial charge in [0.05, 0.1) is 19.1 Å². The molecule has 0 saturated heterocycles. The molecule has 0 aliphatic heterocycles. The van der Waals surface area contributed by atoms with Gasteiger partial charge in [-0.1, -0.05) is 30.3 Å². The quantitative estimate of drug-likeness (QED) is 0.0584. The molecule has 266 valence electrons. The van der Waals surface area contributed by atoms with E-state index in [0.717, 1.165) is 0 Å². The maximum absolute atomic E-state index is 13.2. The second-order valence-electron chi connectivity index (χ2n) is 10.6. The third-order valence-corrected chi connectivity index (χ3v) is 7.36. The fourth-order valence-electron chi connectivity index (χ4n) is 4.07. The number of carbonyl (C=O) groups is 8. The number of nitrogens with two attached hydrogens (primary N) is 1. The molecule has 0 radical (unpaired) electrons. The lowest BCUT2D eigenvalue weighted by molar-refractivity contribution is -0.143. The highest BCUT2D eigenvalue weighted by Gasteiger charge is 2.32. The molecule has 18 nitrogen and oxygen atoms in total. The first-order chi connectivity index (χ1) is 22.6. The number of nitrogens with one attached hydrogen (secondary N) is 5. The highest BCUT2D eigenvalue weighted by Crippen LogP contribution is 2.07. The largest absolute Gasteiger partial charge is 0.481 e. The molecule has 0 aliphatic carbocycles. The minimum atomic E-state index is -1.65. The second kappa shape index (κ2) is 21.2. The minimum Gasteiger partial charge on any atom is -0.481 e. The molecule has 1 aromatic carbocycles. The minimum absolute atomic E-state index is 0.0501. The van der Waals surface area contributed by atoms with Gasteiger partial charge >= 0.3 is 17.9 Å². The lowest BCUT2D eigenvalue weighted by atomic mass is 10.0. The number of hydrogen-bond acceptors (Lipinski definition) is 11. The average Bonchev–Trinajstić information content (AvgIpc) is 3.02. The van der Waals surface area contributed by atoms with Crippen molar-refractivity contribution < 1.29 is 58.8 Å². The van der Waals surface area contributed by atoms with Gasteiger partial charge in [0.15, 0.2) is 0 Å². The first-order valence-corrected chi connectivity index (χ1v) is 16.1. The van der Waals surface area contributed by atoms with Crippen LogP contribution in [0.2, 0.25) is 0 Å². The highest BCUT2D eigenvalue weighted by atomic mass is 32.2. The third kappa shape index (κ3) is 15.2. The Hall–Kier alpha value is -4.75. The van der Waals surface area contributed by atoms with Gasteiger partial charge in [0.25, 0.3) is 0 Å². The molecule has 0 saturated carbocycles. The van der Waals surface area contributed by atoms with E-state index < -0.39 is 110 Å². The van der Waals surface area contributed by atoms with E-state index in [9.17, 15) is 53.7 Å². The molecule has 0 fully saturated rings. The van der Waals surface area contributed by atoms with Gasteiger partial charge in [-0.3, -0.25) is 33.6 Å². The van der Waals surface area contributed by atoms with Crippen molar-refractivity contribution in [2.45, 2.75) is 75.3 Å². The number of benzene rings is 1.